The fourth-order valence-electron chi connectivity index (χ4n) is 1.53. The van der Waals surface area contributed by atoms with Gasteiger partial charge in [0.1, 0.15) is 5.75 Å². The molecule has 0 radical (unpaired) electrons. The van der Waals surface area contributed by atoms with E-state index in [2.05, 4.69) is 33.6 Å². The van der Waals surface area contributed by atoms with E-state index in [1.54, 1.807) is 7.11 Å². The Hall–Kier alpha value is -0.820. The lowest BCUT2D eigenvalue weighted by Crippen LogP contribution is -1.93. The van der Waals surface area contributed by atoms with E-state index in [-0.39, 0.29) is 0 Å². The van der Waals surface area contributed by atoms with Crippen LogP contribution in [0.5, 0.6) is 5.75 Å². The fourth-order valence-corrected chi connectivity index (χ4v) is 2.24. The molecule has 0 saturated carbocycles. The molecule has 2 rings (SSSR count). The Balaban J connectivity index is 2.57. The standard InChI is InChI=1S/C11H11IN2OS/c1-14-9(6-13-11(14)16)7-3-4-8(12)10(5-7)15-2/h3-6H,1-2H3,(H,13,16). The van der Waals surface area contributed by atoms with E-state index in [9.17, 15) is 0 Å². The highest BCUT2D eigenvalue weighted by Crippen LogP contribution is 2.27. The van der Waals surface area contributed by atoms with Crippen LogP contribution in [0.25, 0.3) is 11.3 Å². The third-order valence-electron chi connectivity index (χ3n) is 2.45. The average Bonchev–Trinajstić information content (AvgIpc) is 2.61. The molecule has 0 aliphatic carbocycles. The van der Waals surface area contributed by atoms with Crippen LogP contribution in [0.3, 0.4) is 0 Å². The lowest BCUT2D eigenvalue weighted by atomic mass is 10.1. The molecule has 16 heavy (non-hydrogen) atoms. The monoisotopic (exact) mass is 346 g/mol. The highest BCUT2D eigenvalue weighted by Gasteiger charge is 2.06. The summed E-state index contributed by atoms with van der Waals surface area (Å²) in [6.45, 7) is 0. The van der Waals surface area contributed by atoms with Crippen LogP contribution in [-0.2, 0) is 7.05 Å². The molecule has 0 atom stereocenters. The predicted octanol–water partition coefficient (Wildman–Crippen LogP) is 3.36. The van der Waals surface area contributed by atoms with Crippen molar-refractivity contribution in [2.45, 2.75) is 0 Å². The molecule has 0 amide bonds. The molecule has 5 heteroatoms. The molecule has 0 saturated heterocycles. The van der Waals surface area contributed by atoms with Gasteiger partial charge in [-0.15, -0.1) is 0 Å². The van der Waals surface area contributed by atoms with E-state index in [0.717, 1.165) is 20.6 Å². The quantitative estimate of drug-likeness (QED) is 0.668. The molecule has 0 aliphatic heterocycles. The molecule has 3 nitrogen and oxygen atoms in total. The van der Waals surface area contributed by atoms with E-state index < -0.39 is 0 Å². The summed E-state index contributed by atoms with van der Waals surface area (Å²) in [5.41, 5.74) is 2.15. The van der Waals surface area contributed by atoms with Gasteiger partial charge in [-0.2, -0.15) is 0 Å². The van der Waals surface area contributed by atoms with Crippen molar-refractivity contribution in [1.29, 1.82) is 0 Å². The summed E-state index contributed by atoms with van der Waals surface area (Å²) in [7, 11) is 3.62. The Bertz CT molecular complexity index is 574. The molecule has 2 aromatic rings. The van der Waals surface area contributed by atoms with Crippen molar-refractivity contribution in [2.24, 2.45) is 7.05 Å². The normalized spacial score (nSPS) is 10.4. The zero-order chi connectivity index (χ0) is 11.7. The van der Waals surface area contributed by atoms with Gasteiger partial charge in [0.25, 0.3) is 0 Å². The van der Waals surface area contributed by atoms with Crippen molar-refractivity contribution >= 4 is 34.8 Å². The minimum absolute atomic E-state index is 0.715. The maximum Gasteiger partial charge on any atom is 0.177 e. The number of aromatic amines is 1. The Morgan fingerprint density at radius 3 is 2.75 bits per heavy atom. The van der Waals surface area contributed by atoms with Gasteiger partial charge >= 0.3 is 0 Å². The Morgan fingerprint density at radius 2 is 2.19 bits per heavy atom. The first kappa shape index (κ1) is 11.7. The topological polar surface area (TPSA) is 29.9 Å². The summed E-state index contributed by atoms with van der Waals surface area (Å²) in [4.78, 5) is 3.02. The zero-order valence-corrected chi connectivity index (χ0v) is 11.9. The number of aromatic nitrogens is 2. The summed E-state index contributed by atoms with van der Waals surface area (Å²) < 4.78 is 9.06. The van der Waals surface area contributed by atoms with E-state index >= 15 is 0 Å². The van der Waals surface area contributed by atoms with E-state index in [1.165, 1.54) is 0 Å². The summed E-state index contributed by atoms with van der Waals surface area (Å²) in [5, 5.41) is 0. The maximum absolute atomic E-state index is 5.30. The molecule has 0 fully saturated rings. The maximum atomic E-state index is 5.30. The molecular formula is C11H11IN2OS. The van der Waals surface area contributed by atoms with Gasteiger partial charge in [0.2, 0.25) is 0 Å². The van der Waals surface area contributed by atoms with Crippen molar-refractivity contribution in [2.75, 3.05) is 7.11 Å². The van der Waals surface area contributed by atoms with E-state index in [0.29, 0.717) is 4.77 Å². The van der Waals surface area contributed by atoms with Gasteiger partial charge in [0.15, 0.2) is 4.77 Å². The van der Waals surface area contributed by atoms with Crippen molar-refractivity contribution in [3.05, 3.63) is 32.7 Å². The zero-order valence-electron chi connectivity index (χ0n) is 8.95. The number of nitrogens with zero attached hydrogens (tertiary/aromatic N) is 1. The lowest BCUT2D eigenvalue weighted by molar-refractivity contribution is 0.412. The fraction of sp³-hybridized carbons (Fsp3) is 0.182. The molecule has 1 aromatic heterocycles. The summed E-state index contributed by atoms with van der Waals surface area (Å²) in [6, 6.07) is 6.10. The van der Waals surface area contributed by atoms with Gasteiger partial charge in [-0.3, -0.25) is 0 Å². The third kappa shape index (κ3) is 2.01. The van der Waals surface area contributed by atoms with Crippen molar-refractivity contribution in [3.63, 3.8) is 0 Å². The van der Waals surface area contributed by atoms with Crippen LogP contribution in [-0.4, -0.2) is 16.7 Å². The molecule has 0 spiro atoms. The largest absolute Gasteiger partial charge is 0.496 e. The molecule has 1 aromatic carbocycles. The summed E-state index contributed by atoms with van der Waals surface area (Å²) in [5.74, 6) is 0.880. The number of methoxy groups -OCH3 is 1. The van der Waals surface area contributed by atoms with E-state index in [4.69, 9.17) is 17.0 Å². The van der Waals surface area contributed by atoms with Crippen LogP contribution in [0.4, 0.5) is 0 Å². The number of nitrogens with one attached hydrogen (secondary N) is 1. The van der Waals surface area contributed by atoms with Crippen molar-refractivity contribution < 1.29 is 4.74 Å². The number of rotatable bonds is 2. The van der Waals surface area contributed by atoms with E-state index in [1.807, 2.05) is 29.9 Å². The van der Waals surface area contributed by atoms with Gasteiger partial charge in [0, 0.05) is 18.8 Å². The van der Waals surface area contributed by atoms with Gasteiger partial charge < -0.3 is 14.3 Å². The minimum Gasteiger partial charge on any atom is -0.496 e. The number of benzene rings is 1. The van der Waals surface area contributed by atoms with Crippen LogP contribution in [0, 0.1) is 8.34 Å². The first-order valence-corrected chi connectivity index (χ1v) is 6.20. The highest BCUT2D eigenvalue weighted by molar-refractivity contribution is 14.1. The van der Waals surface area contributed by atoms with Crippen LogP contribution < -0.4 is 4.74 Å². The second-order valence-electron chi connectivity index (χ2n) is 3.39. The van der Waals surface area contributed by atoms with Gasteiger partial charge in [-0.05, 0) is 46.9 Å². The number of H-pyrrole nitrogens is 1. The highest BCUT2D eigenvalue weighted by atomic mass is 127. The Labute approximate surface area is 113 Å². The number of ether oxygens (including phenoxy) is 1. The van der Waals surface area contributed by atoms with Crippen LogP contribution in [0.15, 0.2) is 24.4 Å². The van der Waals surface area contributed by atoms with Crippen LogP contribution in [0.1, 0.15) is 0 Å². The molecule has 1 heterocycles. The summed E-state index contributed by atoms with van der Waals surface area (Å²) in [6.07, 6.45) is 1.91. The van der Waals surface area contributed by atoms with Crippen LogP contribution >= 0.6 is 34.8 Å². The smallest absolute Gasteiger partial charge is 0.177 e. The Morgan fingerprint density at radius 1 is 1.44 bits per heavy atom. The number of hydrogen-bond acceptors (Lipinski definition) is 2. The number of imidazole rings is 1. The third-order valence-corrected chi connectivity index (χ3v) is 3.73. The molecule has 0 unspecified atom stereocenters. The van der Waals surface area contributed by atoms with Gasteiger partial charge in [0.05, 0.1) is 16.4 Å². The predicted molar refractivity (Wildman–Crippen MR) is 75.3 cm³/mol. The van der Waals surface area contributed by atoms with Crippen molar-refractivity contribution in [1.82, 2.24) is 9.55 Å². The second-order valence-corrected chi connectivity index (χ2v) is 4.94. The summed E-state index contributed by atoms with van der Waals surface area (Å²) >= 11 is 7.39. The SMILES string of the molecule is COc1cc(-c2c[nH]c(=S)n2C)ccc1I. The number of halogens is 1. The molecule has 0 aliphatic rings. The van der Waals surface area contributed by atoms with Crippen LogP contribution in [0.2, 0.25) is 0 Å². The molecule has 1 N–H and O–H groups in total. The Kier molecular flexibility index (Phi) is 3.34. The first-order valence-electron chi connectivity index (χ1n) is 4.72. The molecule has 84 valence electrons. The second kappa shape index (κ2) is 4.58. The average molecular weight is 346 g/mol. The van der Waals surface area contributed by atoms with Gasteiger partial charge in [-0.25, -0.2) is 0 Å². The number of hydrogen-bond donors (Lipinski definition) is 1. The minimum atomic E-state index is 0.715. The lowest BCUT2D eigenvalue weighted by Gasteiger charge is -2.07. The van der Waals surface area contributed by atoms with Crippen molar-refractivity contribution in [3.8, 4) is 17.0 Å². The molecular weight excluding hydrogens is 335 g/mol. The molecule has 0 bridgehead atoms. The van der Waals surface area contributed by atoms with Gasteiger partial charge in [-0.1, -0.05) is 6.07 Å². The first-order chi connectivity index (χ1) is 7.63.